The van der Waals surface area contributed by atoms with E-state index in [0.29, 0.717) is 17.4 Å². The summed E-state index contributed by atoms with van der Waals surface area (Å²) >= 11 is 0. The average Bonchev–Trinajstić information content (AvgIpc) is 3.43. The van der Waals surface area contributed by atoms with Crippen molar-refractivity contribution < 1.29 is 42.1 Å². The smallest absolute Gasteiger partial charge is 0.306 e. The summed E-state index contributed by atoms with van der Waals surface area (Å²) in [5.74, 6) is -0.832. The Morgan fingerprint density at radius 2 is 0.704 bits per heavy atom. The zero-order chi connectivity index (χ0) is 59.1. The van der Waals surface area contributed by atoms with Crippen molar-refractivity contribution >= 4 is 19.8 Å². The number of likely N-dealkylation sites (N-methyl/N-ethyl adjacent to an activating group) is 1. The first-order chi connectivity index (χ1) is 39.5. The fraction of sp³-hybridized carbons (Fsp3) is 0.803. The van der Waals surface area contributed by atoms with E-state index in [1.54, 1.807) is 0 Å². The number of phosphoric ester groups is 1. The highest BCUT2D eigenvalue weighted by atomic mass is 31.2. The predicted molar refractivity (Wildman–Crippen MR) is 346 cm³/mol. The average molecular weight is 1160 g/mol. The highest BCUT2D eigenvalue weighted by molar-refractivity contribution is 7.45. The molecule has 0 amide bonds. The van der Waals surface area contributed by atoms with E-state index < -0.39 is 26.5 Å². The van der Waals surface area contributed by atoms with Gasteiger partial charge in [0.1, 0.15) is 19.8 Å². The van der Waals surface area contributed by atoms with Crippen molar-refractivity contribution in [2.75, 3.05) is 47.5 Å². The topological polar surface area (TPSA) is 111 Å². The zero-order valence-corrected chi connectivity index (χ0v) is 54.6. The summed E-state index contributed by atoms with van der Waals surface area (Å²) in [7, 11) is 1.16. The van der Waals surface area contributed by atoms with E-state index >= 15 is 0 Å². The van der Waals surface area contributed by atoms with Gasteiger partial charge < -0.3 is 27.9 Å². The molecule has 0 aromatic carbocycles. The molecule has 0 radical (unpaired) electrons. The normalized spacial score (nSPS) is 13.6. The molecule has 472 valence electrons. The highest BCUT2D eigenvalue weighted by Gasteiger charge is 2.22. The fourth-order valence-corrected chi connectivity index (χ4v) is 10.5. The Bertz CT molecular complexity index is 1600. The van der Waals surface area contributed by atoms with Gasteiger partial charge in [-0.25, -0.2) is 0 Å². The van der Waals surface area contributed by atoms with E-state index in [0.717, 1.165) is 83.5 Å². The molecule has 2 atom stereocenters. The molecule has 0 rings (SSSR count). The minimum absolute atomic E-state index is 0.0340. The van der Waals surface area contributed by atoms with Gasteiger partial charge in [-0.05, 0) is 64.2 Å². The Morgan fingerprint density at radius 1 is 0.395 bits per heavy atom. The third-order valence-electron chi connectivity index (χ3n) is 15.0. The van der Waals surface area contributed by atoms with Crippen molar-refractivity contribution in [1.82, 2.24) is 0 Å². The van der Waals surface area contributed by atoms with Crippen molar-refractivity contribution in [3.63, 3.8) is 0 Å². The van der Waals surface area contributed by atoms with Crippen LogP contribution in [0, 0.1) is 0 Å². The number of carbonyl (C=O) groups excluding carboxylic acids is 2. The third kappa shape index (κ3) is 66.5. The Hall–Kier alpha value is -2.55. The molecule has 9 nitrogen and oxygen atoms in total. The molecule has 0 spiro atoms. The van der Waals surface area contributed by atoms with Crippen LogP contribution in [-0.4, -0.2) is 70.0 Å². The van der Waals surface area contributed by atoms with E-state index in [2.05, 4.69) is 86.8 Å². The lowest BCUT2D eigenvalue weighted by atomic mass is 10.0. The number of quaternary nitrogens is 1. The third-order valence-corrected chi connectivity index (χ3v) is 16.0. The van der Waals surface area contributed by atoms with E-state index in [-0.39, 0.29) is 32.0 Å². The number of hydrogen-bond donors (Lipinski definition) is 0. The van der Waals surface area contributed by atoms with Gasteiger partial charge in [0.25, 0.3) is 7.82 Å². The van der Waals surface area contributed by atoms with E-state index in [1.165, 1.54) is 199 Å². The van der Waals surface area contributed by atoms with Crippen molar-refractivity contribution in [2.24, 2.45) is 0 Å². The van der Waals surface area contributed by atoms with E-state index in [4.69, 9.17) is 18.5 Å². The number of rotatable bonds is 63. The SMILES string of the molecule is CC/C=C\C/C=C\C/C=C\C/C=C\C/C=C\C/C=C\CCCCCCCCCCC(=O)OC(COC(=O)CCCCCCCCCCCCCCCCCCCCCCCCCCCCCCCC)COP(=O)([O-])OCC[N+](C)(C)C. The molecule has 0 bridgehead atoms. The van der Waals surface area contributed by atoms with Crippen molar-refractivity contribution in [3.05, 3.63) is 72.9 Å². The van der Waals surface area contributed by atoms with Crippen LogP contribution in [0.2, 0.25) is 0 Å². The lowest BCUT2D eigenvalue weighted by molar-refractivity contribution is -0.870. The first-order valence-electron chi connectivity index (χ1n) is 34.1. The lowest BCUT2D eigenvalue weighted by Crippen LogP contribution is -2.37. The largest absolute Gasteiger partial charge is 0.756 e. The zero-order valence-electron chi connectivity index (χ0n) is 53.7. The number of carbonyl (C=O) groups is 2. The number of nitrogens with zero attached hydrogens (tertiary/aromatic N) is 1. The van der Waals surface area contributed by atoms with Crippen LogP contribution < -0.4 is 4.89 Å². The number of ether oxygens (including phenoxy) is 2. The lowest BCUT2D eigenvalue weighted by Gasteiger charge is -2.28. The number of unbranched alkanes of at least 4 members (excludes halogenated alkanes) is 37. The van der Waals surface area contributed by atoms with Crippen molar-refractivity contribution in [2.45, 2.75) is 322 Å². The van der Waals surface area contributed by atoms with Gasteiger partial charge >= 0.3 is 11.9 Å². The second-order valence-electron chi connectivity index (χ2n) is 24.2. The summed E-state index contributed by atoms with van der Waals surface area (Å²) < 4.78 is 34.3. The first-order valence-corrected chi connectivity index (χ1v) is 35.6. The molecule has 81 heavy (non-hydrogen) atoms. The summed E-state index contributed by atoms with van der Waals surface area (Å²) in [5.41, 5.74) is 0. The molecule has 0 aliphatic heterocycles. The maximum absolute atomic E-state index is 12.8. The van der Waals surface area contributed by atoms with Crippen LogP contribution in [-0.2, 0) is 32.7 Å². The molecule has 0 aliphatic rings. The molecular weight excluding hydrogens is 1030 g/mol. The molecule has 10 heteroatoms. The number of hydrogen-bond acceptors (Lipinski definition) is 8. The maximum Gasteiger partial charge on any atom is 0.306 e. The summed E-state index contributed by atoms with van der Waals surface area (Å²) in [5, 5.41) is 0. The van der Waals surface area contributed by atoms with Gasteiger partial charge in [0, 0.05) is 12.8 Å². The van der Waals surface area contributed by atoms with Gasteiger partial charge in [-0.3, -0.25) is 14.2 Å². The molecule has 0 saturated carbocycles. The monoisotopic (exact) mass is 1160 g/mol. The fourth-order valence-electron chi connectivity index (χ4n) is 9.78. The second-order valence-corrected chi connectivity index (χ2v) is 25.6. The maximum atomic E-state index is 12.8. The van der Waals surface area contributed by atoms with Gasteiger partial charge in [-0.2, -0.15) is 0 Å². The van der Waals surface area contributed by atoms with Crippen LogP contribution in [0.1, 0.15) is 316 Å². The van der Waals surface area contributed by atoms with Gasteiger partial charge in [0.05, 0.1) is 27.7 Å². The number of phosphoric acid groups is 1. The number of allylic oxidation sites excluding steroid dienone is 12. The van der Waals surface area contributed by atoms with Crippen LogP contribution >= 0.6 is 7.82 Å². The standard InChI is InChI=1S/C71H130NO8P/c1-6-8-10-12-14-16-18-20-22-24-26-28-30-32-34-35-36-38-39-41-43-45-47-49-51-53-55-57-59-61-63-70(73)77-67-69(68-79-81(75,76)78-66-65-72(3,4)5)80-71(74)64-62-60-58-56-54-52-50-48-46-44-42-40-37-33-31-29-27-25-23-21-19-17-15-13-11-9-7-2/h9,11,15,17,21,23,27,29,33,37,42,44,69H,6-8,10,12-14,16,18-20,22,24-26,28,30-32,34-36,38-41,43,45-68H2,1-5H3/b11-9-,17-15-,23-21-,29-27-,37-33-,44-42-. The minimum atomic E-state index is -4.65. The van der Waals surface area contributed by atoms with Crippen LogP contribution in [0.25, 0.3) is 0 Å². The molecule has 0 aromatic rings. The van der Waals surface area contributed by atoms with Crippen LogP contribution in [0.15, 0.2) is 72.9 Å². The Balaban J connectivity index is 4.06. The Morgan fingerprint density at radius 3 is 1.05 bits per heavy atom. The summed E-state index contributed by atoms with van der Waals surface area (Å²) in [6.45, 7) is 4.16. The first kappa shape index (κ1) is 78.5. The van der Waals surface area contributed by atoms with E-state index in [1.807, 2.05) is 21.1 Å². The van der Waals surface area contributed by atoms with Gasteiger partial charge in [0.15, 0.2) is 6.10 Å². The molecule has 0 N–H and O–H groups in total. The van der Waals surface area contributed by atoms with Gasteiger partial charge in [0.2, 0.25) is 0 Å². The van der Waals surface area contributed by atoms with Crippen LogP contribution in [0.3, 0.4) is 0 Å². The van der Waals surface area contributed by atoms with E-state index in [9.17, 15) is 19.0 Å². The highest BCUT2D eigenvalue weighted by Crippen LogP contribution is 2.38. The Kier molecular flexibility index (Phi) is 60.0. The minimum Gasteiger partial charge on any atom is -0.756 e. The van der Waals surface area contributed by atoms with Crippen LogP contribution in [0.4, 0.5) is 0 Å². The summed E-state index contributed by atoms with van der Waals surface area (Å²) in [6, 6.07) is 0. The van der Waals surface area contributed by atoms with Gasteiger partial charge in [-0.15, -0.1) is 0 Å². The Labute approximate surface area is 501 Å². The molecule has 0 heterocycles. The molecule has 0 aliphatic carbocycles. The van der Waals surface area contributed by atoms with Gasteiger partial charge in [-0.1, -0.05) is 311 Å². The molecular formula is C71H130NO8P. The van der Waals surface area contributed by atoms with Crippen molar-refractivity contribution in [3.8, 4) is 0 Å². The summed E-state index contributed by atoms with van der Waals surface area (Å²) in [6.07, 6.45) is 82.7. The molecule has 0 saturated heterocycles. The quantitative estimate of drug-likeness (QED) is 0.0195. The molecule has 0 fully saturated rings. The molecule has 2 unspecified atom stereocenters. The van der Waals surface area contributed by atoms with Crippen LogP contribution in [0.5, 0.6) is 0 Å². The molecule has 0 aromatic heterocycles. The van der Waals surface area contributed by atoms with Crippen molar-refractivity contribution in [1.29, 1.82) is 0 Å². The number of esters is 2. The summed E-state index contributed by atoms with van der Waals surface area (Å²) in [4.78, 5) is 38.0. The predicted octanol–water partition coefficient (Wildman–Crippen LogP) is 21.4. The second kappa shape index (κ2) is 62.0.